The predicted molar refractivity (Wildman–Crippen MR) is 73.0 cm³/mol. The lowest BCUT2D eigenvalue weighted by Crippen LogP contribution is -2.43. The first-order chi connectivity index (χ1) is 8.49. The molecule has 0 radical (unpaired) electrons. The van der Waals surface area contributed by atoms with Crippen LogP contribution in [0.5, 0.6) is 0 Å². The fourth-order valence-electron chi connectivity index (χ4n) is 2.09. The van der Waals surface area contributed by atoms with Crippen molar-refractivity contribution in [2.45, 2.75) is 19.4 Å². The normalized spacial score (nSPS) is 13.8. The highest BCUT2D eigenvalue weighted by Crippen LogP contribution is 2.12. The molecule has 0 heterocycles. The Morgan fingerprint density at radius 3 is 2.33 bits per heavy atom. The fraction of sp³-hybridized carbons (Fsp3) is 0.538. The van der Waals surface area contributed by atoms with Gasteiger partial charge in [-0.05, 0) is 12.0 Å². The van der Waals surface area contributed by atoms with Crippen LogP contribution in [0.1, 0.15) is 12.5 Å². The van der Waals surface area contributed by atoms with Crippen LogP contribution in [0.4, 0.5) is 0 Å². The van der Waals surface area contributed by atoms with E-state index in [1.165, 1.54) is 10.6 Å². The maximum absolute atomic E-state index is 11.7. The van der Waals surface area contributed by atoms with E-state index in [1.807, 2.05) is 37.3 Å². The zero-order chi connectivity index (χ0) is 13.6. The number of ether oxygens (including phenoxy) is 1. The van der Waals surface area contributed by atoms with Gasteiger partial charge in [0.1, 0.15) is 0 Å². The second kappa shape index (κ2) is 6.87. The van der Waals surface area contributed by atoms with Crippen molar-refractivity contribution in [2.24, 2.45) is 0 Å². The molecule has 0 saturated carbocycles. The van der Waals surface area contributed by atoms with Gasteiger partial charge >= 0.3 is 0 Å². The second-order valence-corrected chi connectivity index (χ2v) is 6.20. The van der Waals surface area contributed by atoms with Crippen molar-refractivity contribution in [3.8, 4) is 0 Å². The Kier molecular flexibility index (Phi) is 5.78. The van der Waals surface area contributed by atoms with E-state index in [0.29, 0.717) is 19.6 Å². The van der Waals surface area contributed by atoms with Gasteiger partial charge < -0.3 is 4.74 Å². The van der Waals surface area contributed by atoms with Gasteiger partial charge in [-0.15, -0.1) is 0 Å². The van der Waals surface area contributed by atoms with Gasteiger partial charge in [-0.1, -0.05) is 37.3 Å². The molecule has 18 heavy (non-hydrogen) atoms. The van der Waals surface area contributed by atoms with Crippen molar-refractivity contribution >= 4 is 10.0 Å². The van der Waals surface area contributed by atoms with Crippen molar-refractivity contribution in [1.29, 1.82) is 0 Å². The highest BCUT2D eigenvalue weighted by molar-refractivity contribution is 7.88. The fourth-order valence-corrected chi connectivity index (χ4v) is 3.23. The van der Waals surface area contributed by atoms with Crippen LogP contribution in [0.15, 0.2) is 30.3 Å². The molecular formula is C13H21NO3S. The monoisotopic (exact) mass is 271 g/mol. The molecule has 0 bridgehead atoms. The number of likely N-dealkylation sites (N-methyl/N-ethyl adjacent to an activating group) is 1. The molecule has 0 amide bonds. The van der Waals surface area contributed by atoms with E-state index in [4.69, 9.17) is 4.74 Å². The Bertz CT molecular complexity index is 445. The van der Waals surface area contributed by atoms with Crippen LogP contribution in [0.2, 0.25) is 0 Å². The summed E-state index contributed by atoms with van der Waals surface area (Å²) in [5, 5.41) is 0. The van der Waals surface area contributed by atoms with E-state index in [0.717, 1.165) is 5.56 Å². The third-order valence-corrected chi connectivity index (χ3v) is 4.23. The number of hydrogen-bond acceptors (Lipinski definition) is 3. The Labute approximate surface area is 110 Å². The van der Waals surface area contributed by atoms with Gasteiger partial charge in [0.2, 0.25) is 10.0 Å². The van der Waals surface area contributed by atoms with Gasteiger partial charge in [-0.25, -0.2) is 8.42 Å². The van der Waals surface area contributed by atoms with Crippen molar-refractivity contribution in [3.05, 3.63) is 35.9 Å². The summed E-state index contributed by atoms with van der Waals surface area (Å²) < 4.78 is 30.1. The number of nitrogens with zero attached hydrogens (tertiary/aromatic N) is 1. The SMILES string of the molecule is CCN(C(COC)Cc1ccccc1)S(C)(=O)=O. The maximum atomic E-state index is 11.7. The van der Waals surface area contributed by atoms with E-state index in [2.05, 4.69) is 0 Å². The molecule has 1 unspecified atom stereocenters. The Hall–Kier alpha value is -0.910. The minimum Gasteiger partial charge on any atom is -0.383 e. The molecule has 0 fully saturated rings. The summed E-state index contributed by atoms with van der Waals surface area (Å²) in [6.07, 6.45) is 1.90. The summed E-state index contributed by atoms with van der Waals surface area (Å²) in [6.45, 7) is 2.70. The Balaban J connectivity index is 2.88. The summed E-state index contributed by atoms with van der Waals surface area (Å²) in [4.78, 5) is 0. The van der Waals surface area contributed by atoms with Crippen LogP contribution in [-0.2, 0) is 21.2 Å². The first-order valence-corrected chi connectivity index (χ1v) is 7.83. The summed E-state index contributed by atoms with van der Waals surface area (Å²) >= 11 is 0. The van der Waals surface area contributed by atoms with E-state index in [1.54, 1.807) is 7.11 Å². The van der Waals surface area contributed by atoms with Crippen LogP contribution in [-0.4, -0.2) is 45.3 Å². The van der Waals surface area contributed by atoms with Gasteiger partial charge in [-0.2, -0.15) is 4.31 Å². The van der Waals surface area contributed by atoms with Crippen LogP contribution in [0.25, 0.3) is 0 Å². The zero-order valence-corrected chi connectivity index (χ0v) is 12.0. The third-order valence-electron chi connectivity index (χ3n) is 2.82. The largest absolute Gasteiger partial charge is 0.383 e. The minimum atomic E-state index is -3.20. The molecule has 102 valence electrons. The molecule has 0 aliphatic heterocycles. The van der Waals surface area contributed by atoms with Crippen LogP contribution >= 0.6 is 0 Å². The van der Waals surface area contributed by atoms with Gasteiger partial charge in [0.15, 0.2) is 0 Å². The molecule has 0 N–H and O–H groups in total. The molecule has 1 rings (SSSR count). The van der Waals surface area contributed by atoms with E-state index in [9.17, 15) is 8.42 Å². The maximum Gasteiger partial charge on any atom is 0.211 e. The average Bonchev–Trinajstić information content (AvgIpc) is 2.29. The Morgan fingerprint density at radius 1 is 1.28 bits per heavy atom. The quantitative estimate of drug-likeness (QED) is 0.755. The molecule has 1 atom stereocenters. The van der Waals surface area contributed by atoms with E-state index in [-0.39, 0.29) is 6.04 Å². The molecule has 1 aromatic rings. The standard InChI is InChI=1S/C13H21NO3S/c1-4-14(18(3,15)16)13(11-17-2)10-12-8-6-5-7-9-12/h5-9,13H,4,10-11H2,1-3H3. The van der Waals surface area contributed by atoms with Crippen molar-refractivity contribution in [1.82, 2.24) is 4.31 Å². The van der Waals surface area contributed by atoms with Crippen LogP contribution in [0, 0.1) is 0 Å². The molecule has 1 aromatic carbocycles. The van der Waals surface area contributed by atoms with Gasteiger partial charge in [0.05, 0.1) is 18.9 Å². The van der Waals surface area contributed by atoms with Crippen molar-refractivity contribution < 1.29 is 13.2 Å². The van der Waals surface area contributed by atoms with E-state index < -0.39 is 10.0 Å². The number of methoxy groups -OCH3 is 1. The van der Waals surface area contributed by atoms with Crippen molar-refractivity contribution in [3.63, 3.8) is 0 Å². The first-order valence-electron chi connectivity index (χ1n) is 5.98. The van der Waals surface area contributed by atoms with Gasteiger partial charge in [0, 0.05) is 13.7 Å². The molecule has 0 saturated heterocycles. The second-order valence-electron chi connectivity index (χ2n) is 4.27. The lowest BCUT2D eigenvalue weighted by atomic mass is 10.1. The smallest absolute Gasteiger partial charge is 0.211 e. The third kappa shape index (κ3) is 4.40. The molecule has 4 nitrogen and oxygen atoms in total. The zero-order valence-electron chi connectivity index (χ0n) is 11.2. The lowest BCUT2D eigenvalue weighted by Gasteiger charge is -2.28. The highest BCUT2D eigenvalue weighted by atomic mass is 32.2. The molecule has 0 aromatic heterocycles. The molecule has 0 spiro atoms. The summed E-state index contributed by atoms with van der Waals surface area (Å²) in [6, 6.07) is 9.70. The predicted octanol–water partition coefficient (Wildman–Crippen LogP) is 1.53. The highest BCUT2D eigenvalue weighted by Gasteiger charge is 2.25. The topological polar surface area (TPSA) is 46.6 Å². The average molecular weight is 271 g/mol. The van der Waals surface area contributed by atoms with Crippen LogP contribution in [0.3, 0.4) is 0 Å². The van der Waals surface area contributed by atoms with E-state index >= 15 is 0 Å². The minimum absolute atomic E-state index is 0.155. The van der Waals surface area contributed by atoms with Crippen LogP contribution < -0.4 is 0 Å². The number of sulfonamides is 1. The summed E-state index contributed by atoms with van der Waals surface area (Å²) in [5.41, 5.74) is 1.11. The van der Waals surface area contributed by atoms with Crippen molar-refractivity contribution in [2.75, 3.05) is 26.5 Å². The first kappa shape index (κ1) is 15.1. The molecular weight excluding hydrogens is 250 g/mol. The molecule has 5 heteroatoms. The molecule has 0 aliphatic carbocycles. The number of rotatable bonds is 7. The Morgan fingerprint density at radius 2 is 1.89 bits per heavy atom. The number of hydrogen-bond donors (Lipinski definition) is 0. The summed E-state index contributed by atoms with van der Waals surface area (Å²) in [7, 11) is -1.61. The lowest BCUT2D eigenvalue weighted by molar-refractivity contribution is 0.134. The molecule has 0 aliphatic rings. The summed E-state index contributed by atoms with van der Waals surface area (Å²) in [5.74, 6) is 0. The number of benzene rings is 1. The van der Waals surface area contributed by atoms with Gasteiger partial charge in [-0.3, -0.25) is 0 Å². The van der Waals surface area contributed by atoms with Gasteiger partial charge in [0.25, 0.3) is 0 Å².